The second-order valence-electron chi connectivity index (χ2n) is 3.86. The molecule has 0 amide bonds. The highest BCUT2D eigenvalue weighted by Crippen LogP contribution is 2.06. The summed E-state index contributed by atoms with van der Waals surface area (Å²) in [5, 5.41) is 0. The van der Waals surface area contributed by atoms with E-state index >= 15 is 0 Å². The number of hydrogen-bond acceptors (Lipinski definition) is 1. The van der Waals surface area contributed by atoms with E-state index in [9.17, 15) is 0 Å². The van der Waals surface area contributed by atoms with Crippen LogP contribution in [0.1, 0.15) is 50.8 Å². The van der Waals surface area contributed by atoms with Gasteiger partial charge < -0.3 is 0 Å². The summed E-state index contributed by atoms with van der Waals surface area (Å²) in [6.07, 6.45) is 9.41. The highest BCUT2D eigenvalue weighted by Gasteiger charge is 1.95. The van der Waals surface area contributed by atoms with Crippen molar-refractivity contribution in [3.05, 3.63) is 29.6 Å². The van der Waals surface area contributed by atoms with Gasteiger partial charge in [-0.05, 0) is 30.9 Å². The predicted octanol–water partition coefficient (Wildman–Crippen LogP) is 3.77. The van der Waals surface area contributed by atoms with Crippen LogP contribution in [0, 0.1) is 0 Å². The Morgan fingerprint density at radius 2 is 1.86 bits per heavy atom. The van der Waals surface area contributed by atoms with Crippen LogP contribution >= 0.6 is 0 Å². The maximum atomic E-state index is 4.47. The molecule has 0 radical (unpaired) electrons. The molecule has 1 aromatic rings. The molecule has 0 aliphatic heterocycles. The van der Waals surface area contributed by atoms with Crippen molar-refractivity contribution in [1.82, 2.24) is 4.98 Å². The average Bonchev–Trinajstić information content (AvgIpc) is 2.21. The van der Waals surface area contributed by atoms with E-state index in [4.69, 9.17) is 0 Å². The predicted molar refractivity (Wildman–Crippen MR) is 61.5 cm³/mol. The second-order valence-corrected chi connectivity index (χ2v) is 3.86. The fourth-order valence-electron chi connectivity index (χ4n) is 1.60. The van der Waals surface area contributed by atoms with Gasteiger partial charge in [-0.2, -0.15) is 0 Å². The molecule has 0 aliphatic rings. The van der Waals surface area contributed by atoms with Crippen molar-refractivity contribution in [2.24, 2.45) is 0 Å². The lowest BCUT2D eigenvalue weighted by Gasteiger charge is -2.01. The highest BCUT2D eigenvalue weighted by molar-refractivity contribution is 5.14. The molecular formula is C13H21N. The molecule has 1 aromatic heterocycles. The first kappa shape index (κ1) is 11.2. The minimum Gasteiger partial charge on any atom is -0.261 e. The summed E-state index contributed by atoms with van der Waals surface area (Å²) in [6, 6.07) is 4.40. The van der Waals surface area contributed by atoms with Gasteiger partial charge in [0.2, 0.25) is 0 Å². The fourth-order valence-corrected chi connectivity index (χ4v) is 1.60. The number of nitrogens with zero attached hydrogens (tertiary/aromatic N) is 1. The van der Waals surface area contributed by atoms with Crippen LogP contribution in [0.15, 0.2) is 18.3 Å². The van der Waals surface area contributed by atoms with Crippen LogP contribution in [-0.4, -0.2) is 4.98 Å². The van der Waals surface area contributed by atoms with Gasteiger partial charge in [-0.1, -0.05) is 39.2 Å². The van der Waals surface area contributed by atoms with Gasteiger partial charge >= 0.3 is 0 Å². The molecule has 0 aromatic carbocycles. The van der Waals surface area contributed by atoms with Gasteiger partial charge in [0.15, 0.2) is 0 Å². The molecule has 1 nitrogen and oxygen atoms in total. The van der Waals surface area contributed by atoms with Gasteiger partial charge in [0.25, 0.3) is 0 Å². The van der Waals surface area contributed by atoms with Gasteiger partial charge in [0.1, 0.15) is 0 Å². The van der Waals surface area contributed by atoms with E-state index in [0.29, 0.717) is 0 Å². The molecule has 1 heterocycles. The zero-order valence-corrected chi connectivity index (χ0v) is 9.42. The van der Waals surface area contributed by atoms with Crippen LogP contribution in [0.5, 0.6) is 0 Å². The van der Waals surface area contributed by atoms with Crippen molar-refractivity contribution < 1.29 is 0 Å². The maximum absolute atomic E-state index is 4.47. The normalized spacial score (nSPS) is 10.4. The minimum absolute atomic E-state index is 1.14. The Morgan fingerprint density at radius 3 is 2.43 bits per heavy atom. The Bertz CT molecular complexity index is 238. The van der Waals surface area contributed by atoms with Crippen molar-refractivity contribution in [2.75, 3.05) is 0 Å². The lowest BCUT2D eigenvalue weighted by molar-refractivity contribution is 0.706. The molecule has 0 saturated heterocycles. The van der Waals surface area contributed by atoms with E-state index in [1.54, 1.807) is 0 Å². The standard InChI is InChI=1S/C13H21N/c1-3-5-6-8-13-10-9-12(7-4-2)11-14-13/h9-11H,3-8H2,1-2H3. The maximum Gasteiger partial charge on any atom is 0.0403 e. The number of hydrogen-bond donors (Lipinski definition) is 0. The molecule has 78 valence electrons. The third kappa shape index (κ3) is 3.91. The first-order chi connectivity index (χ1) is 6.86. The smallest absolute Gasteiger partial charge is 0.0403 e. The van der Waals surface area contributed by atoms with E-state index in [0.717, 1.165) is 12.8 Å². The van der Waals surface area contributed by atoms with Crippen LogP contribution in [-0.2, 0) is 12.8 Å². The molecule has 0 unspecified atom stereocenters. The van der Waals surface area contributed by atoms with Gasteiger partial charge in [0.05, 0.1) is 0 Å². The van der Waals surface area contributed by atoms with E-state index in [2.05, 4.69) is 31.0 Å². The van der Waals surface area contributed by atoms with E-state index in [1.807, 2.05) is 6.20 Å². The van der Waals surface area contributed by atoms with Crippen LogP contribution in [0.3, 0.4) is 0 Å². The Morgan fingerprint density at radius 1 is 1.00 bits per heavy atom. The van der Waals surface area contributed by atoms with Gasteiger partial charge in [-0.3, -0.25) is 4.98 Å². The Kier molecular flexibility index (Phi) is 5.28. The Hall–Kier alpha value is -0.850. The minimum atomic E-state index is 1.14. The summed E-state index contributed by atoms with van der Waals surface area (Å²) in [6.45, 7) is 4.44. The van der Waals surface area contributed by atoms with E-state index < -0.39 is 0 Å². The molecule has 0 fully saturated rings. The summed E-state index contributed by atoms with van der Waals surface area (Å²) in [5.74, 6) is 0. The lowest BCUT2D eigenvalue weighted by Crippen LogP contribution is -1.92. The summed E-state index contributed by atoms with van der Waals surface area (Å²) in [7, 11) is 0. The summed E-state index contributed by atoms with van der Waals surface area (Å²) in [5.41, 5.74) is 2.62. The summed E-state index contributed by atoms with van der Waals surface area (Å²) < 4.78 is 0. The quantitative estimate of drug-likeness (QED) is 0.624. The molecular weight excluding hydrogens is 170 g/mol. The van der Waals surface area contributed by atoms with Crippen LogP contribution < -0.4 is 0 Å². The molecule has 14 heavy (non-hydrogen) atoms. The second kappa shape index (κ2) is 6.58. The van der Waals surface area contributed by atoms with E-state index in [-0.39, 0.29) is 0 Å². The van der Waals surface area contributed by atoms with Crippen molar-refractivity contribution in [3.63, 3.8) is 0 Å². The lowest BCUT2D eigenvalue weighted by atomic mass is 10.1. The molecule has 0 atom stereocenters. The van der Waals surface area contributed by atoms with Crippen LogP contribution in [0.4, 0.5) is 0 Å². The molecule has 0 N–H and O–H groups in total. The zero-order valence-electron chi connectivity index (χ0n) is 9.42. The topological polar surface area (TPSA) is 12.9 Å². The largest absolute Gasteiger partial charge is 0.261 e. The number of aromatic nitrogens is 1. The number of aryl methyl sites for hydroxylation is 2. The zero-order chi connectivity index (χ0) is 10.2. The fraction of sp³-hybridized carbons (Fsp3) is 0.615. The molecule has 0 saturated carbocycles. The third-order valence-electron chi connectivity index (χ3n) is 2.46. The summed E-state index contributed by atoms with van der Waals surface area (Å²) >= 11 is 0. The number of unbranched alkanes of at least 4 members (excludes halogenated alkanes) is 2. The Labute approximate surface area is 87.6 Å². The molecule has 1 rings (SSSR count). The highest BCUT2D eigenvalue weighted by atomic mass is 14.7. The van der Waals surface area contributed by atoms with Crippen molar-refractivity contribution in [3.8, 4) is 0 Å². The first-order valence-corrected chi connectivity index (χ1v) is 5.80. The SMILES string of the molecule is CCCCCc1ccc(CCC)cn1. The van der Waals surface area contributed by atoms with Crippen LogP contribution in [0.2, 0.25) is 0 Å². The third-order valence-corrected chi connectivity index (χ3v) is 2.46. The first-order valence-electron chi connectivity index (χ1n) is 5.80. The van der Waals surface area contributed by atoms with Crippen molar-refractivity contribution in [2.45, 2.75) is 52.4 Å². The van der Waals surface area contributed by atoms with Crippen molar-refractivity contribution >= 4 is 0 Å². The van der Waals surface area contributed by atoms with Crippen LogP contribution in [0.25, 0.3) is 0 Å². The number of rotatable bonds is 6. The molecule has 0 spiro atoms. The monoisotopic (exact) mass is 191 g/mol. The molecule has 1 heteroatoms. The molecule has 0 bridgehead atoms. The van der Waals surface area contributed by atoms with Gasteiger partial charge in [-0.25, -0.2) is 0 Å². The van der Waals surface area contributed by atoms with Gasteiger partial charge in [0, 0.05) is 11.9 Å². The van der Waals surface area contributed by atoms with Crippen molar-refractivity contribution in [1.29, 1.82) is 0 Å². The molecule has 0 aliphatic carbocycles. The average molecular weight is 191 g/mol. The van der Waals surface area contributed by atoms with E-state index in [1.165, 1.54) is 36.9 Å². The number of pyridine rings is 1. The summed E-state index contributed by atoms with van der Waals surface area (Å²) in [4.78, 5) is 4.47. The van der Waals surface area contributed by atoms with Gasteiger partial charge in [-0.15, -0.1) is 0 Å². The Balaban J connectivity index is 2.38.